The molecule has 0 unspecified atom stereocenters. The van der Waals surface area contributed by atoms with Crippen LogP contribution < -0.4 is 4.72 Å². The normalized spacial score (nSPS) is 12.8. The van der Waals surface area contributed by atoms with Gasteiger partial charge in [-0.25, -0.2) is 8.42 Å². The zero-order chi connectivity index (χ0) is 19.9. The Balaban J connectivity index is 3.17. The van der Waals surface area contributed by atoms with Gasteiger partial charge in [0.25, 0.3) is 5.91 Å². The monoisotopic (exact) mass is 384 g/mol. The third kappa shape index (κ3) is 6.10. The van der Waals surface area contributed by atoms with Gasteiger partial charge in [-0.3, -0.25) is 9.59 Å². The number of benzene rings is 1. The quantitative estimate of drug-likeness (QED) is 0.644. The predicted molar refractivity (Wildman–Crippen MR) is 99.5 cm³/mol. The van der Waals surface area contributed by atoms with E-state index in [4.69, 9.17) is 0 Å². The average Bonchev–Trinajstić information content (AvgIpc) is 2.57. The molecule has 1 rings (SSSR count). The SMILES string of the molecule is CCCCN(C)C(=O)c1ccccc1S(=O)(=O)N[C@H](CC(C)C)C(=O)O. The van der Waals surface area contributed by atoms with Crippen LogP contribution in [0.4, 0.5) is 0 Å². The Hall–Kier alpha value is -1.93. The van der Waals surface area contributed by atoms with Gasteiger partial charge in [0, 0.05) is 13.6 Å². The fourth-order valence-electron chi connectivity index (χ4n) is 2.50. The maximum absolute atomic E-state index is 12.7. The van der Waals surface area contributed by atoms with Crippen molar-refractivity contribution in [1.29, 1.82) is 0 Å². The summed E-state index contributed by atoms with van der Waals surface area (Å²) in [5.74, 6) is -1.66. The second-order valence-corrected chi connectivity index (χ2v) is 8.40. The van der Waals surface area contributed by atoms with Gasteiger partial charge in [0.05, 0.1) is 10.5 Å². The smallest absolute Gasteiger partial charge is 0.321 e. The van der Waals surface area contributed by atoms with Gasteiger partial charge in [-0.2, -0.15) is 4.72 Å². The number of carbonyl (C=O) groups is 2. The average molecular weight is 384 g/mol. The molecule has 0 bridgehead atoms. The lowest BCUT2D eigenvalue weighted by molar-refractivity contribution is -0.139. The molecule has 0 saturated carbocycles. The van der Waals surface area contributed by atoms with Crippen molar-refractivity contribution in [2.24, 2.45) is 5.92 Å². The van der Waals surface area contributed by atoms with Gasteiger partial charge in [-0.1, -0.05) is 39.3 Å². The van der Waals surface area contributed by atoms with Crippen LogP contribution in [0.15, 0.2) is 29.2 Å². The van der Waals surface area contributed by atoms with E-state index < -0.39 is 27.9 Å². The second kappa shape index (κ2) is 9.68. The molecule has 1 amide bonds. The van der Waals surface area contributed by atoms with Crippen LogP contribution in [0.25, 0.3) is 0 Å². The Bertz CT molecular complexity index is 731. The Morgan fingerprint density at radius 3 is 2.38 bits per heavy atom. The minimum Gasteiger partial charge on any atom is -0.480 e. The molecule has 0 aliphatic carbocycles. The van der Waals surface area contributed by atoms with Gasteiger partial charge >= 0.3 is 5.97 Å². The molecule has 1 aromatic carbocycles. The molecule has 0 saturated heterocycles. The molecule has 2 N–H and O–H groups in total. The number of nitrogens with one attached hydrogen (secondary N) is 1. The van der Waals surface area contributed by atoms with Gasteiger partial charge in [0.15, 0.2) is 0 Å². The minimum absolute atomic E-state index is 0.00384. The lowest BCUT2D eigenvalue weighted by Crippen LogP contribution is -2.42. The van der Waals surface area contributed by atoms with Crippen LogP contribution in [-0.4, -0.2) is 49.9 Å². The van der Waals surface area contributed by atoms with Gasteiger partial charge in [-0.15, -0.1) is 0 Å². The highest BCUT2D eigenvalue weighted by Crippen LogP contribution is 2.19. The predicted octanol–water partition coefficient (Wildman–Crippen LogP) is 2.34. The Kier molecular flexibility index (Phi) is 8.23. The van der Waals surface area contributed by atoms with Crippen molar-refractivity contribution < 1.29 is 23.1 Å². The molecule has 0 spiro atoms. The third-order valence-corrected chi connectivity index (χ3v) is 5.43. The number of amides is 1. The third-order valence-electron chi connectivity index (χ3n) is 3.90. The number of hydrogen-bond donors (Lipinski definition) is 2. The summed E-state index contributed by atoms with van der Waals surface area (Å²) in [5.41, 5.74) is 0.0345. The van der Waals surface area contributed by atoms with Crippen molar-refractivity contribution in [2.45, 2.75) is 51.0 Å². The summed E-state index contributed by atoms with van der Waals surface area (Å²) < 4.78 is 27.7. The topological polar surface area (TPSA) is 104 Å². The molecule has 0 radical (unpaired) electrons. The summed E-state index contributed by atoms with van der Waals surface area (Å²) in [6.07, 6.45) is 1.88. The van der Waals surface area contributed by atoms with Crippen molar-refractivity contribution in [3.05, 3.63) is 29.8 Å². The first-order chi connectivity index (χ1) is 12.1. The number of carbonyl (C=O) groups excluding carboxylic acids is 1. The van der Waals surface area contributed by atoms with E-state index in [0.717, 1.165) is 12.8 Å². The number of rotatable bonds is 10. The van der Waals surface area contributed by atoms with Crippen LogP contribution in [0.5, 0.6) is 0 Å². The van der Waals surface area contributed by atoms with Crippen molar-refractivity contribution in [2.75, 3.05) is 13.6 Å². The van der Waals surface area contributed by atoms with E-state index in [1.165, 1.54) is 23.1 Å². The maximum Gasteiger partial charge on any atom is 0.321 e. The van der Waals surface area contributed by atoms with Crippen LogP contribution in [0, 0.1) is 5.92 Å². The largest absolute Gasteiger partial charge is 0.480 e. The van der Waals surface area contributed by atoms with Crippen molar-refractivity contribution >= 4 is 21.9 Å². The molecule has 0 heterocycles. The van der Waals surface area contributed by atoms with Gasteiger partial charge in [0.2, 0.25) is 10.0 Å². The van der Waals surface area contributed by atoms with Crippen molar-refractivity contribution in [3.8, 4) is 0 Å². The number of unbranched alkanes of at least 4 members (excludes halogenated alkanes) is 1. The number of aliphatic carboxylic acids is 1. The number of carboxylic acids is 1. The van der Waals surface area contributed by atoms with E-state index in [-0.39, 0.29) is 22.8 Å². The summed E-state index contributed by atoms with van der Waals surface area (Å²) in [4.78, 5) is 25.3. The lowest BCUT2D eigenvalue weighted by atomic mass is 10.1. The highest BCUT2D eigenvalue weighted by atomic mass is 32.2. The van der Waals surface area contributed by atoms with Crippen LogP contribution in [0.2, 0.25) is 0 Å². The standard InChI is InChI=1S/C18H28N2O5S/c1-5-6-11-20(4)17(21)14-9-7-8-10-16(14)26(24,25)19-15(18(22)23)12-13(2)3/h7-10,13,15,19H,5-6,11-12H2,1-4H3,(H,22,23)/t15-/m1/s1. The molecule has 7 nitrogen and oxygen atoms in total. The first-order valence-electron chi connectivity index (χ1n) is 8.69. The van der Waals surface area contributed by atoms with Gasteiger partial charge in [0.1, 0.15) is 6.04 Å². The highest BCUT2D eigenvalue weighted by molar-refractivity contribution is 7.89. The van der Waals surface area contributed by atoms with E-state index in [1.807, 2.05) is 20.8 Å². The van der Waals surface area contributed by atoms with E-state index >= 15 is 0 Å². The fraction of sp³-hybridized carbons (Fsp3) is 0.556. The number of nitrogens with zero attached hydrogens (tertiary/aromatic N) is 1. The minimum atomic E-state index is -4.16. The second-order valence-electron chi connectivity index (χ2n) is 6.72. The Morgan fingerprint density at radius 2 is 1.85 bits per heavy atom. The van der Waals surface area contributed by atoms with Crippen LogP contribution >= 0.6 is 0 Å². The molecular formula is C18H28N2O5S. The Labute approximate surface area is 155 Å². The number of hydrogen-bond acceptors (Lipinski definition) is 4. The molecule has 146 valence electrons. The molecule has 8 heteroatoms. The lowest BCUT2D eigenvalue weighted by Gasteiger charge is -2.20. The summed E-state index contributed by atoms with van der Waals surface area (Å²) >= 11 is 0. The zero-order valence-corrected chi connectivity index (χ0v) is 16.5. The molecule has 0 fully saturated rings. The van der Waals surface area contributed by atoms with E-state index in [1.54, 1.807) is 13.1 Å². The first kappa shape index (κ1) is 22.1. The van der Waals surface area contributed by atoms with Gasteiger partial charge < -0.3 is 10.0 Å². The fourth-order valence-corrected chi connectivity index (χ4v) is 3.90. The molecule has 26 heavy (non-hydrogen) atoms. The first-order valence-corrected chi connectivity index (χ1v) is 10.2. The molecule has 0 aliphatic rings. The summed E-state index contributed by atoms with van der Waals surface area (Å²) in [5, 5.41) is 9.29. The highest BCUT2D eigenvalue weighted by Gasteiger charge is 2.29. The van der Waals surface area contributed by atoms with Crippen molar-refractivity contribution in [1.82, 2.24) is 9.62 Å². The van der Waals surface area contributed by atoms with Gasteiger partial charge in [-0.05, 0) is 30.9 Å². The molecule has 0 aliphatic heterocycles. The summed E-state index contributed by atoms with van der Waals surface area (Å²) in [7, 11) is -2.54. The maximum atomic E-state index is 12.7. The Morgan fingerprint density at radius 1 is 1.23 bits per heavy atom. The van der Waals surface area contributed by atoms with E-state index in [9.17, 15) is 23.1 Å². The molecule has 1 aromatic rings. The zero-order valence-electron chi connectivity index (χ0n) is 15.7. The van der Waals surface area contributed by atoms with E-state index in [2.05, 4.69) is 4.72 Å². The van der Waals surface area contributed by atoms with E-state index in [0.29, 0.717) is 6.54 Å². The van der Waals surface area contributed by atoms with Crippen LogP contribution in [-0.2, 0) is 14.8 Å². The van der Waals surface area contributed by atoms with Crippen LogP contribution in [0.3, 0.4) is 0 Å². The molecule has 0 aromatic heterocycles. The molecular weight excluding hydrogens is 356 g/mol. The summed E-state index contributed by atoms with van der Waals surface area (Å²) in [6, 6.07) is 4.61. The number of sulfonamides is 1. The summed E-state index contributed by atoms with van der Waals surface area (Å²) in [6.45, 7) is 6.14. The van der Waals surface area contributed by atoms with Crippen LogP contribution in [0.1, 0.15) is 50.4 Å². The van der Waals surface area contributed by atoms with Crippen molar-refractivity contribution in [3.63, 3.8) is 0 Å². The molecule has 1 atom stereocenters. The number of carboxylic acid groups (broad SMARTS) is 1.